The van der Waals surface area contributed by atoms with Crippen LogP contribution in [0, 0.1) is 12.8 Å². The van der Waals surface area contributed by atoms with Crippen LogP contribution in [0.3, 0.4) is 0 Å². The maximum Gasteiger partial charge on any atom is 0.329 e. The number of rotatable bonds is 7. The number of anilines is 1. The Morgan fingerprint density at radius 2 is 1.60 bits per heavy atom. The molecule has 8 unspecified atom stereocenters. The van der Waals surface area contributed by atoms with Gasteiger partial charge >= 0.3 is 12.0 Å². The van der Waals surface area contributed by atoms with Crippen LogP contribution >= 0.6 is 0 Å². The molecule has 17 heteroatoms. The molecule has 4 fully saturated rings. The van der Waals surface area contributed by atoms with Crippen molar-refractivity contribution in [1.82, 2.24) is 40.4 Å². The van der Waals surface area contributed by atoms with Gasteiger partial charge < -0.3 is 35.4 Å². The van der Waals surface area contributed by atoms with E-state index in [-0.39, 0.29) is 25.4 Å². The number of esters is 1. The van der Waals surface area contributed by atoms with Gasteiger partial charge in [0, 0.05) is 44.4 Å². The number of aryl methyl sites for hydroxylation is 2. The van der Waals surface area contributed by atoms with Gasteiger partial charge in [0.05, 0.1) is 0 Å². The molecule has 4 N–H and O–H groups in total. The number of carbonyl (C=O) groups is 7. The number of cyclic esters (lactones) is 1. The number of hydrogen-bond donors (Lipinski definition) is 4. The zero-order valence-corrected chi connectivity index (χ0v) is 33.4. The van der Waals surface area contributed by atoms with Crippen LogP contribution < -0.4 is 21.3 Å². The minimum Gasteiger partial charge on any atom is -0.458 e. The van der Waals surface area contributed by atoms with Gasteiger partial charge in [0.25, 0.3) is 0 Å². The summed E-state index contributed by atoms with van der Waals surface area (Å²) in [7, 11) is 0. The van der Waals surface area contributed by atoms with Crippen LogP contribution in [0.15, 0.2) is 36.4 Å². The van der Waals surface area contributed by atoms with Gasteiger partial charge in [0.1, 0.15) is 42.4 Å². The summed E-state index contributed by atoms with van der Waals surface area (Å²) in [5.74, 6) is -3.22. The van der Waals surface area contributed by atoms with Gasteiger partial charge in [-0.2, -0.15) is 5.10 Å². The van der Waals surface area contributed by atoms with E-state index >= 15 is 0 Å². The molecule has 4 aliphatic heterocycles. The van der Waals surface area contributed by atoms with E-state index in [0.717, 1.165) is 11.3 Å². The Labute approximate surface area is 332 Å². The summed E-state index contributed by atoms with van der Waals surface area (Å²) >= 11 is 0. The van der Waals surface area contributed by atoms with Gasteiger partial charge in [-0.3, -0.25) is 34.0 Å². The molecule has 1 aromatic carbocycles. The second-order valence-corrected chi connectivity index (χ2v) is 15.8. The van der Waals surface area contributed by atoms with Crippen molar-refractivity contribution < 1.29 is 38.3 Å². The minimum absolute atomic E-state index is 0.0516. The lowest BCUT2D eigenvalue weighted by Gasteiger charge is -2.39. The van der Waals surface area contributed by atoms with Crippen LogP contribution in [-0.2, 0) is 46.5 Å². The fraction of sp³-hybridized carbons (Fsp3) is 0.600. The number of piperidine rings is 1. The van der Waals surface area contributed by atoms with Crippen molar-refractivity contribution in [1.29, 1.82) is 0 Å². The van der Waals surface area contributed by atoms with Gasteiger partial charge in [0.2, 0.25) is 29.5 Å². The smallest absolute Gasteiger partial charge is 0.329 e. The quantitative estimate of drug-likeness (QED) is 0.300. The molecule has 8 atom stereocenters. The zero-order valence-electron chi connectivity index (χ0n) is 33.4. The maximum absolute atomic E-state index is 14.7. The number of nitrogens with zero attached hydrogens (tertiary/aromatic N) is 5. The second kappa shape index (κ2) is 17.8. The highest BCUT2D eigenvalue weighted by molar-refractivity contribution is 5.98. The van der Waals surface area contributed by atoms with E-state index in [1.54, 1.807) is 41.9 Å². The second-order valence-electron chi connectivity index (χ2n) is 15.8. The summed E-state index contributed by atoms with van der Waals surface area (Å²) in [6.07, 6.45) is 1.71. The third-order valence-electron chi connectivity index (χ3n) is 11.5. The van der Waals surface area contributed by atoms with E-state index in [1.807, 2.05) is 26.8 Å². The molecule has 57 heavy (non-hydrogen) atoms. The molecule has 6 rings (SSSR count). The Kier molecular flexibility index (Phi) is 12.8. The number of hydrogen-bond acceptors (Lipinski definition) is 9. The summed E-state index contributed by atoms with van der Waals surface area (Å²) < 4.78 is 7.67. The third-order valence-corrected chi connectivity index (χ3v) is 11.5. The van der Waals surface area contributed by atoms with Crippen molar-refractivity contribution in [2.24, 2.45) is 5.92 Å². The molecule has 0 saturated carbocycles. The minimum atomic E-state index is -1.48. The molecular weight excluding hydrogens is 734 g/mol. The molecule has 2 aromatic rings. The van der Waals surface area contributed by atoms with Crippen molar-refractivity contribution in [3.63, 3.8) is 0 Å². The molecule has 0 aliphatic carbocycles. The lowest BCUT2D eigenvalue weighted by molar-refractivity contribution is -0.163. The van der Waals surface area contributed by atoms with E-state index in [1.165, 1.54) is 21.6 Å². The summed E-state index contributed by atoms with van der Waals surface area (Å²) in [4.78, 5) is 103. The molecule has 4 saturated heterocycles. The standard InChI is InChI=1S/C40H55N9O8/c1-6-49-24(3)20-32(45-49)43-40(56)42-28(21-27-13-8-7-9-14-27)34(50)44-33-26(5)57-39(55)31-19-23(2)22-48(31)36(52)25(4)41-35(51)29-15-10-11-17-46(29)37(53)30-16-12-18-47(30)38(33)54/h7-9,13-14,20,23,25-26,28-31,33H,6,10-12,15-19,21-22H2,1-5H3,(H,41,51)(H,44,50)(H2,42,43,45,56). The van der Waals surface area contributed by atoms with Gasteiger partial charge in [-0.1, -0.05) is 37.3 Å². The van der Waals surface area contributed by atoms with Crippen molar-refractivity contribution in [3.8, 4) is 0 Å². The number of benzene rings is 1. The first kappa shape index (κ1) is 41.2. The molecule has 0 radical (unpaired) electrons. The molecule has 0 bridgehead atoms. The normalized spacial score (nSPS) is 27.8. The highest BCUT2D eigenvalue weighted by Gasteiger charge is 2.47. The Morgan fingerprint density at radius 1 is 0.895 bits per heavy atom. The van der Waals surface area contributed by atoms with Crippen molar-refractivity contribution in [3.05, 3.63) is 47.7 Å². The van der Waals surface area contributed by atoms with Gasteiger partial charge in [-0.25, -0.2) is 9.59 Å². The molecule has 17 nitrogen and oxygen atoms in total. The van der Waals surface area contributed by atoms with Crippen molar-refractivity contribution >= 4 is 47.4 Å². The van der Waals surface area contributed by atoms with Gasteiger partial charge in [-0.15, -0.1) is 0 Å². The Hall–Kier alpha value is -5.48. The number of ether oxygens (including phenoxy) is 1. The molecule has 308 valence electrons. The third kappa shape index (κ3) is 9.23. The summed E-state index contributed by atoms with van der Waals surface area (Å²) in [6, 6.07) is 3.64. The molecular formula is C40H55N9O8. The van der Waals surface area contributed by atoms with E-state index in [4.69, 9.17) is 4.74 Å². The first-order valence-electron chi connectivity index (χ1n) is 20.1. The molecule has 0 spiro atoms. The highest BCUT2D eigenvalue weighted by atomic mass is 16.5. The zero-order chi connectivity index (χ0) is 41.0. The Balaban J connectivity index is 1.32. The lowest BCUT2D eigenvalue weighted by Crippen LogP contribution is -2.63. The van der Waals surface area contributed by atoms with E-state index in [0.29, 0.717) is 57.4 Å². The number of urea groups is 1. The number of amides is 7. The van der Waals surface area contributed by atoms with Crippen molar-refractivity contribution in [2.75, 3.05) is 25.0 Å². The first-order valence-corrected chi connectivity index (χ1v) is 20.1. The largest absolute Gasteiger partial charge is 0.458 e. The van der Waals surface area contributed by atoms with Crippen LogP contribution in [0.2, 0.25) is 0 Å². The Morgan fingerprint density at radius 3 is 2.32 bits per heavy atom. The van der Waals surface area contributed by atoms with Crippen molar-refractivity contribution in [2.45, 2.75) is 128 Å². The summed E-state index contributed by atoms with van der Waals surface area (Å²) in [5, 5.41) is 15.4. The van der Waals surface area contributed by atoms with Gasteiger partial charge in [-0.05, 0) is 77.7 Å². The van der Waals surface area contributed by atoms with Crippen LogP contribution in [0.25, 0.3) is 0 Å². The molecule has 5 heterocycles. The summed E-state index contributed by atoms with van der Waals surface area (Å²) in [5.41, 5.74) is 1.56. The molecule has 4 aliphatic rings. The molecule has 1 aromatic heterocycles. The number of aromatic nitrogens is 2. The van der Waals surface area contributed by atoms with E-state index in [9.17, 15) is 33.6 Å². The SMILES string of the molecule is CCn1nc(NC(=O)NC(Cc2ccccc2)C(=O)NC2C(=O)N3CCCC3C(=O)N3CCCCC3C(=O)NC(C)C(=O)N3CC(C)CC3C(=O)OC2C)cc1C. The molecule has 7 amide bonds. The average Bonchev–Trinajstić information content (AvgIpc) is 3.93. The van der Waals surface area contributed by atoms with E-state index in [2.05, 4.69) is 26.4 Å². The maximum atomic E-state index is 14.7. The monoisotopic (exact) mass is 789 g/mol. The van der Waals surface area contributed by atoms with Crippen LogP contribution in [0.4, 0.5) is 10.6 Å². The fourth-order valence-corrected chi connectivity index (χ4v) is 8.48. The van der Waals surface area contributed by atoms with Crippen LogP contribution in [-0.4, -0.2) is 128 Å². The lowest BCUT2D eigenvalue weighted by atomic mass is 9.99. The first-order chi connectivity index (χ1) is 27.2. The summed E-state index contributed by atoms with van der Waals surface area (Å²) in [6.45, 7) is 10.1. The highest BCUT2D eigenvalue weighted by Crippen LogP contribution is 2.29. The number of carbonyl (C=O) groups excluding carboxylic acids is 7. The number of fused-ring (bicyclic) bond motifs is 3. The van der Waals surface area contributed by atoms with E-state index < -0.39 is 83.9 Å². The average molecular weight is 790 g/mol. The number of nitrogens with one attached hydrogen (secondary N) is 4. The predicted octanol–water partition coefficient (Wildman–Crippen LogP) is 1.49. The van der Waals surface area contributed by atoms with Crippen LogP contribution in [0.1, 0.15) is 77.5 Å². The fourth-order valence-electron chi connectivity index (χ4n) is 8.48. The van der Waals surface area contributed by atoms with Gasteiger partial charge in [0.15, 0.2) is 5.82 Å². The predicted molar refractivity (Wildman–Crippen MR) is 207 cm³/mol. The topological polar surface area (TPSA) is 204 Å². The van der Waals surface area contributed by atoms with Crippen LogP contribution in [0.5, 0.6) is 0 Å². The Bertz CT molecular complexity index is 1850.